The molecule has 2 aromatic carbocycles. The molecule has 0 spiro atoms. The first-order valence-electron chi connectivity index (χ1n) is 7.84. The van der Waals surface area contributed by atoms with E-state index in [0.717, 1.165) is 29.6 Å². The van der Waals surface area contributed by atoms with Crippen LogP contribution in [0.25, 0.3) is 0 Å². The minimum absolute atomic E-state index is 0.691. The van der Waals surface area contributed by atoms with E-state index in [2.05, 4.69) is 33.4 Å². The summed E-state index contributed by atoms with van der Waals surface area (Å²) in [5, 5.41) is 3.38. The number of hydrogen-bond donors (Lipinski definition) is 1. The second-order valence-corrected chi connectivity index (χ2v) is 5.46. The van der Waals surface area contributed by atoms with E-state index < -0.39 is 0 Å². The lowest BCUT2D eigenvalue weighted by molar-refractivity contribution is 0.413. The molecule has 0 radical (unpaired) electrons. The van der Waals surface area contributed by atoms with Gasteiger partial charge in [-0.3, -0.25) is 4.99 Å². The highest BCUT2D eigenvalue weighted by Gasteiger charge is 2.07. The van der Waals surface area contributed by atoms with Crippen LogP contribution in [-0.4, -0.2) is 39.2 Å². The standard InChI is InChI=1S/C19H25N3O2/c1-20-19(21-13-16-6-5-7-18(12-16)24-4)22(2)14-15-8-10-17(23-3)11-9-15/h5-12H,13-14H2,1-4H3,(H,20,21). The van der Waals surface area contributed by atoms with Crippen molar-refractivity contribution in [3.63, 3.8) is 0 Å². The van der Waals surface area contributed by atoms with Crippen LogP contribution in [0.1, 0.15) is 11.1 Å². The SMILES string of the molecule is CN=C(NCc1cccc(OC)c1)N(C)Cc1ccc(OC)cc1. The van der Waals surface area contributed by atoms with Crippen LogP contribution in [0, 0.1) is 0 Å². The number of hydrogen-bond acceptors (Lipinski definition) is 3. The van der Waals surface area contributed by atoms with Gasteiger partial charge in [-0.25, -0.2) is 0 Å². The van der Waals surface area contributed by atoms with Gasteiger partial charge in [-0.15, -0.1) is 0 Å². The zero-order valence-electron chi connectivity index (χ0n) is 14.7. The lowest BCUT2D eigenvalue weighted by Crippen LogP contribution is -2.38. The lowest BCUT2D eigenvalue weighted by atomic mass is 10.2. The molecule has 5 heteroatoms. The van der Waals surface area contributed by atoms with Crippen LogP contribution >= 0.6 is 0 Å². The summed E-state index contributed by atoms with van der Waals surface area (Å²) in [4.78, 5) is 6.44. The summed E-state index contributed by atoms with van der Waals surface area (Å²) in [6, 6.07) is 16.1. The predicted octanol–water partition coefficient (Wildman–Crippen LogP) is 2.91. The summed E-state index contributed by atoms with van der Waals surface area (Å²) in [7, 11) is 7.16. The maximum atomic E-state index is 5.25. The van der Waals surface area contributed by atoms with Crippen molar-refractivity contribution in [2.45, 2.75) is 13.1 Å². The molecule has 2 aromatic rings. The van der Waals surface area contributed by atoms with E-state index in [1.165, 1.54) is 5.56 Å². The number of nitrogens with zero attached hydrogens (tertiary/aromatic N) is 2. The van der Waals surface area contributed by atoms with Crippen molar-refractivity contribution < 1.29 is 9.47 Å². The van der Waals surface area contributed by atoms with Gasteiger partial charge in [0, 0.05) is 27.2 Å². The third-order valence-electron chi connectivity index (χ3n) is 3.74. The van der Waals surface area contributed by atoms with Gasteiger partial charge in [0.25, 0.3) is 0 Å². The van der Waals surface area contributed by atoms with Crippen LogP contribution in [0.2, 0.25) is 0 Å². The predicted molar refractivity (Wildman–Crippen MR) is 97.7 cm³/mol. The number of guanidine groups is 1. The molecule has 2 rings (SSSR count). The van der Waals surface area contributed by atoms with Crippen molar-refractivity contribution in [2.75, 3.05) is 28.3 Å². The molecule has 0 atom stereocenters. The smallest absolute Gasteiger partial charge is 0.193 e. The maximum Gasteiger partial charge on any atom is 0.193 e. The quantitative estimate of drug-likeness (QED) is 0.654. The highest BCUT2D eigenvalue weighted by molar-refractivity contribution is 5.79. The van der Waals surface area contributed by atoms with Gasteiger partial charge in [-0.1, -0.05) is 24.3 Å². The van der Waals surface area contributed by atoms with Gasteiger partial charge >= 0.3 is 0 Å². The molecule has 0 fully saturated rings. The first-order valence-corrected chi connectivity index (χ1v) is 7.84. The van der Waals surface area contributed by atoms with Crippen molar-refractivity contribution in [1.29, 1.82) is 0 Å². The normalized spacial score (nSPS) is 11.1. The van der Waals surface area contributed by atoms with Gasteiger partial charge in [-0.2, -0.15) is 0 Å². The minimum atomic E-state index is 0.691. The van der Waals surface area contributed by atoms with E-state index >= 15 is 0 Å². The van der Waals surface area contributed by atoms with Crippen LogP contribution in [-0.2, 0) is 13.1 Å². The van der Waals surface area contributed by atoms with Crippen molar-refractivity contribution in [1.82, 2.24) is 10.2 Å². The Morgan fingerprint density at radius 1 is 1.00 bits per heavy atom. The summed E-state index contributed by atoms with van der Waals surface area (Å²) in [6.45, 7) is 1.46. The monoisotopic (exact) mass is 327 g/mol. The summed E-state index contributed by atoms with van der Waals surface area (Å²) >= 11 is 0. The first-order chi connectivity index (χ1) is 11.7. The number of aliphatic imine (C=N–C) groups is 1. The number of ether oxygens (including phenoxy) is 2. The Balaban J connectivity index is 1.94. The largest absolute Gasteiger partial charge is 0.497 e. The molecule has 0 aliphatic carbocycles. The van der Waals surface area contributed by atoms with E-state index in [9.17, 15) is 0 Å². The Hall–Kier alpha value is -2.69. The van der Waals surface area contributed by atoms with Crippen molar-refractivity contribution in [2.24, 2.45) is 4.99 Å². The Morgan fingerprint density at radius 3 is 2.33 bits per heavy atom. The third-order valence-corrected chi connectivity index (χ3v) is 3.74. The topological polar surface area (TPSA) is 46.1 Å². The number of rotatable bonds is 6. The van der Waals surface area contributed by atoms with E-state index in [4.69, 9.17) is 9.47 Å². The Labute approximate surface area is 143 Å². The zero-order valence-corrected chi connectivity index (χ0v) is 14.7. The van der Waals surface area contributed by atoms with Crippen molar-refractivity contribution in [3.05, 3.63) is 59.7 Å². The van der Waals surface area contributed by atoms with Crippen LogP contribution in [0.4, 0.5) is 0 Å². The average Bonchev–Trinajstić information content (AvgIpc) is 2.63. The van der Waals surface area contributed by atoms with Crippen LogP contribution in [0.15, 0.2) is 53.5 Å². The van der Waals surface area contributed by atoms with Gasteiger partial charge < -0.3 is 19.7 Å². The van der Waals surface area contributed by atoms with Crippen molar-refractivity contribution >= 4 is 5.96 Å². The molecule has 5 nitrogen and oxygen atoms in total. The highest BCUT2D eigenvalue weighted by atomic mass is 16.5. The van der Waals surface area contributed by atoms with Crippen molar-refractivity contribution in [3.8, 4) is 11.5 Å². The fourth-order valence-electron chi connectivity index (χ4n) is 2.43. The molecule has 1 N–H and O–H groups in total. The number of benzene rings is 2. The molecule has 0 amide bonds. The molecular formula is C19H25N3O2. The summed E-state index contributed by atoms with van der Waals surface area (Å²) in [5.74, 6) is 2.56. The van der Waals surface area contributed by atoms with Crippen LogP contribution in [0.5, 0.6) is 11.5 Å². The Bertz CT molecular complexity index is 669. The molecule has 0 heterocycles. The minimum Gasteiger partial charge on any atom is -0.497 e. The third kappa shape index (κ3) is 4.91. The molecule has 0 aliphatic heterocycles. The number of methoxy groups -OCH3 is 2. The molecule has 128 valence electrons. The summed E-state index contributed by atoms with van der Waals surface area (Å²) < 4.78 is 10.4. The van der Waals surface area contributed by atoms with E-state index in [0.29, 0.717) is 6.54 Å². The average molecular weight is 327 g/mol. The van der Waals surface area contributed by atoms with E-state index in [1.807, 2.05) is 37.4 Å². The first kappa shape index (κ1) is 17.7. The maximum absolute atomic E-state index is 5.25. The molecule has 0 unspecified atom stereocenters. The zero-order chi connectivity index (χ0) is 17.4. The lowest BCUT2D eigenvalue weighted by Gasteiger charge is -2.22. The summed E-state index contributed by atoms with van der Waals surface area (Å²) in [6.07, 6.45) is 0. The summed E-state index contributed by atoms with van der Waals surface area (Å²) in [5.41, 5.74) is 2.34. The van der Waals surface area contributed by atoms with Gasteiger partial charge in [0.15, 0.2) is 5.96 Å². The highest BCUT2D eigenvalue weighted by Crippen LogP contribution is 2.14. The van der Waals surface area contributed by atoms with E-state index in [-0.39, 0.29) is 0 Å². The molecule has 24 heavy (non-hydrogen) atoms. The molecule has 0 saturated carbocycles. The van der Waals surface area contributed by atoms with Gasteiger partial charge in [-0.05, 0) is 35.4 Å². The van der Waals surface area contributed by atoms with Gasteiger partial charge in [0.2, 0.25) is 0 Å². The van der Waals surface area contributed by atoms with Crippen LogP contribution < -0.4 is 14.8 Å². The Kier molecular flexibility index (Phi) is 6.49. The van der Waals surface area contributed by atoms with Gasteiger partial charge in [0.1, 0.15) is 11.5 Å². The molecule has 0 aromatic heterocycles. The van der Waals surface area contributed by atoms with E-state index in [1.54, 1.807) is 21.3 Å². The van der Waals surface area contributed by atoms with Crippen LogP contribution in [0.3, 0.4) is 0 Å². The molecular weight excluding hydrogens is 302 g/mol. The number of nitrogens with one attached hydrogen (secondary N) is 1. The van der Waals surface area contributed by atoms with Gasteiger partial charge in [0.05, 0.1) is 14.2 Å². The Morgan fingerprint density at radius 2 is 1.71 bits per heavy atom. The fourth-order valence-corrected chi connectivity index (χ4v) is 2.43. The molecule has 0 bridgehead atoms. The fraction of sp³-hybridized carbons (Fsp3) is 0.316. The molecule has 0 saturated heterocycles. The second-order valence-electron chi connectivity index (χ2n) is 5.46. The second kappa shape index (κ2) is 8.82. The molecule has 0 aliphatic rings.